The van der Waals surface area contributed by atoms with Gasteiger partial charge in [0.25, 0.3) is 0 Å². The van der Waals surface area contributed by atoms with Crippen LogP contribution in [-0.2, 0) is 20.9 Å². The van der Waals surface area contributed by atoms with Gasteiger partial charge in [0.2, 0.25) is 16.0 Å². The average molecular weight is 564 g/mol. The molecule has 0 radical (unpaired) electrons. The zero-order valence-electron chi connectivity index (χ0n) is 21.0. The number of rotatable bonds is 6. The number of benzene rings is 1. The first-order valence-electron chi connectivity index (χ1n) is 12.5. The van der Waals surface area contributed by atoms with Crippen LogP contribution in [0.4, 0.5) is 36.4 Å². The minimum absolute atomic E-state index is 0.00842. The lowest BCUT2D eigenvalue weighted by Crippen LogP contribution is -2.37. The van der Waals surface area contributed by atoms with Crippen LogP contribution in [0.25, 0.3) is 11.3 Å². The van der Waals surface area contributed by atoms with E-state index in [-0.39, 0.29) is 33.7 Å². The van der Waals surface area contributed by atoms with Crippen LogP contribution in [0.1, 0.15) is 24.8 Å². The van der Waals surface area contributed by atoms with Gasteiger partial charge in [-0.05, 0) is 37.1 Å². The lowest BCUT2D eigenvalue weighted by Gasteiger charge is -2.27. The van der Waals surface area contributed by atoms with Crippen molar-refractivity contribution >= 4 is 33.3 Å². The Kier molecular flexibility index (Phi) is 7.60. The number of ether oxygens (including phenoxy) is 1. The van der Waals surface area contributed by atoms with E-state index in [1.54, 1.807) is 12.1 Å². The molecule has 0 atom stereocenters. The monoisotopic (exact) mass is 563 g/mol. The number of piperidine rings is 1. The van der Waals surface area contributed by atoms with Gasteiger partial charge in [0.1, 0.15) is 11.6 Å². The van der Waals surface area contributed by atoms with Crippen LogP contribution >= 0.6 is 0 Å². The van der Waals surface area contributed by atoms with Gasteiger partial charge in [-0.25, -0.2) is 18.4 Å². The van der Waals surface area contributed by atoms with Gasteiger partial charge in [-0.2, -0.15) is 22.5 Å². The zero-order chi connectivity index (χ0) is 27.6. The molecule has 208 valence electrons. The number of aromatic nitrogens is 3. The molecule has 10 nitrogen and oxygen atoms in total. The number of nitrogens with one attached hydrogen (secondary N) is 1. The number of sulfonamides is 1. The fraction of sp³-hybridized carbons (Fsp3) is 0.400. The Labute approximate surface area is 224 Å². The number of halogens is 3. The Morgan fingerprint density at radius 1 is 0.974 bits per heavy atom. The third kappa shape index (κ3) is 6.07. The maximum Gasteiger partial charge on any atom is 0.417 e. The van der Waals surface area contributed by atoms with E-state index in [1.165, 1.54) is 22.5 Å². The van der Waals surface area contributed by atoms with Gasteiger partial charge < -0.3 is 20.7 Å². The number of alkyl halides is 3. The molecule has 3 aromatic rings. The molecule has 2 aliphatic rings. The zero-order valence-corrected chi connectivity index (χ0v) is 21.8. The van der Waals surface area contributed by atoms with Crippen molar-refractivity contribution < 1.29 is 26.3 Å². The van der Waals surface area contributed by atoms with E-state index in [1.807, 2.05) is 4.90 Å². The molecule has 14 heteroatoms. The van der Waals surface area contributed by atoms with Crippen molar-refractivity contribution in [3.8, 4) is 11.3 Å². The van der Waals surface area contributed by atoms with E-state index in [0.717, 1.165) is 31.5 Å². The van der Waals surface area contributed by atoms with Crippen LogP contribution in [0, 0.1) is 0 Å². The number of nitrogens with two attached hydrogens (primary N) is 1. The Balaban J connectivity index is 1.54. The predicted octanol–water partition coefficient (Wildman–Crippen LogP) is 3.89. The van der Waals surface area contributed by atoms with Crippen molar-refractivity contribution in [2.24, 2.45) is 0 Å². The van der Waals surface area contributed by atoms with E-state index < -0.39 is 21.8 Å². The highest BCUT2D eigenvalue weighted by Gasteiger charge is 2.35. The smallest absolute Gasteiger partial charge is 0.384 e. The Bertz CT molecular complexity index is 1440. The van der Waals surface area contributed by atoms with Gasteiger partial charge in [-0.3, -0.25) is 0 Å². The van der Waals surface area contributed by atoms with Gasteiger partial charge in [0.05, 0.1) is 29.4 Å². The summed E-state index contributed by atoms with van der Waals surface area (Å²) in [5.74, 6) is 0.137. The molecule has 2 saturated heterocycles. The maximum atomic E-state index is 13.9. The van der Waals surface area contributed by atoms with Crippen LogP contribution in [-0.4, -0.2) is 67.1 Å². The standard InChI is InChI=1S/C25H28F3N7O3S/c26-25(27,28)20-14-22(29)30-16-19(20)21-15-23(33-24(32-21)34-9-11-38-12-10-34)31-17-5-4-6-18(13-17)39(36,37)35-7-2-1-3-8-35/h4-6,13-16H,1-3,7-12H2,(H2,29,30)(H,31,32,33). The molecule has 3 N–H and O–H groups in total. The maximum absolute atomic E-state index is 13.9. The topological polar surface area (TPSA) is 127 Å². The molecule has 2 aliphatic heterocycles. The highest BCUT2D eigenvalue weighted by molar-refractivity contribution is 7.89. The molecular formula is C25H28F3N7O3S. The molecular weight excluding hydrogens is 535 g/mol. The molecule has 39 heavy (non-hydrogen) atoms. The largest absolute Gasteiger partial charge is 0.417 e. The first-order chi connectivity index (χ1) is 18.6. The summed E-state index contributed by atoms with van der Waals surface area (Å²) < 4.78 is 74.9. The molecule has 0 saturated carbocycles. The van der Waals surface area contributed by atoms with Crippen molar-refractivity contribution in [3.05, 3.63) is 48.2 Å². The summed E-state index contributed by atoms with van der Waals surface area (Å²) in [5.41, 5.74) is 4.74. The first-order valence-corrected chi connectivity index (χ1v) is 14.0. The van der Waals surface area contributed by atoms with Crippen molar-refractivity contribution in [2.45, 2.75) is 30.3 Å². The Hall–Kier alpha value is -3.49. The predicted molar refractivity (Wildman–Crippen MR) is 140 cm³/mol. The van der Waals surface area contributed by atoms with Gasteiger partial charge in [0, 0.05) is 49.7 Å². The Morgan fingerprint density at radius 3 is 2.44 bits per heavy atom. The van der Waals surface area contributed by atoms with E-state index in [0.29, 0.717) is 45.1 Å². The van der Waals surface area contributed by atoms with Crippen LogP contribution in [0.15, 0.2) is 47.5 Å². The van der Waals surface area contributed by atoms with Gasteiger partial charge >= 0.3 is 6.18 Å². The second-order valence-electron chi connectivity index (χ2n) is 9.31. The number of hydrogen-bond acceptors (Lipinski definition) is 9. The highest BCUT2D eigenvalue weighted by atomic mass is 32.2. The summed E-state index contributed by atoms with van der Waals surface area (Å²) in [4.78, 5) is 14.8. The van der Waals surface area contributed by atoms with Gasteiger partial charge in [0.15, 0.2) is 0 Å². The number of nitrogens with zero attached hydrogens (tertiary/aromatic N) is 5. The quantitative estimate of drug-likeness (QED) is 0.459. The SMILES string of the molecule is Nc1cc(C(F)(F)F)c(-c2cc(Nc3cccc(S(=O)(=O)N4CCCCC4)c3)nc(N3CCOCC3)n2)cn1. The number of nitrogen functional groups attached to an aromatic ring is 1. The van der Waals surface area contributed by atoms with Gasteiger partial charge in [-0.15, -0.1) is 0 Å². The van der Waals surface area contributed by atoms with E-state index in [4.69, 9.17) is 10.5 Å². The molecule has 0 unspecified atom stereocenters. The van der Waals surface area contributed by atoms with Crippen LogP contribution in [0.3, 0.4) is 0 Å². The second-order valence-corrected chi connectivity index (χ2v) is 11.2. The fourth-order valence-corrected chi connectivity index (χ4v) is 6.15. The van der Waals surface area contributed by atoms with E-state index in [9.17, 15) is 21.6 Å². The molecule has 1 aromatic carbocycles. The summed E-state index contributed by atoms with van der Waals surface area (Å²) in [7, 11) is -3.69. The van der Waals surface area contributed by atoms with Gasteiger partial charge in [-0.1, -0.05) is 12.5 Å². The normalized spacial score (nSPS) is 17.3. The molecule has 2 aromatic heterocycles. The van der Waals surface area contributed by atoms with Crippen molar-refractivity contribution in [3.63, 3.8) is 0 Å². The lowest BCUT2D eigenvalue weighted by molar-refractivity contribution is -0.137. The summed E-state index contributed by atoms with van der Waals surface area (Å²) in [6.07, 6.45) is -1.04. The first kappa shape index (κ1) is 27.1. The fourth-order valence-electron chi connectivity index (χ4n) is 4.59. The second kappa shape index (κ2) is 10.9. The average Bonchev–Trinajstić information content (AvgIpc) is 2.93. The molecule has 0 aliphatic carbocycles. The third-order valence-electron chi connectivity index (χ3n) is 6.57. The molecule has 4 heterocycles. The number of hydrogen-bond donors (Lipinski definition) is 2. The van der Waals surface area contributed by atoms with Crippen molar-refractivity contribution in [2.75, 3.05) is 55.3 Å². The lowest BCUT2D eigenvalue weighted by atomic mass is 10.1. The summed E-state index contributed by atoms with van der Waals surface area (Å²) in [6, 6.07) is 8.43. The van der Waals surface area contributed by atoms with Crippen LogP contribution in [0.5, 0.6) is 0 Å². The van der Waals surface area contributed by atoms with Crippen LogP contribution < -0.4 is 16.0 Å². The summed E-state index contributed by atoms with van der Waals surface area (Å²) in [5, 5.41) is 3.06. The number of morpholine rings is 1. The molecule has 5 rings (SSSR count). The number of anilines is 4. The third-order valence-corrected chi connectivity index (χ3v) is 8.47. The van der Waals surface area contributed by atoms with Crippen LogP contribution in [0.2, 0.25) is 0 Å². The molecule has 2 fully saturated rings. The summed E-state index contributed by atoms with van der Waals surface area (Å²) >= 11 is 0. The van der Waals surface area contributed by atoms with Crippen molar-refractivity contribution in [1.29, 1.82) is 0 Å². The van der Waals surface area contributed by atoms with E-state index in [2.05, 4.69) is 20.3 Å². The van der Waals surface area contributed by atoms with Crippen molar-refractivity contribution in [1.82, 2.24) is 19.3 Å². The molecule has 0 bridgehead atoms. The number of pyridine rings is 1. The minimum atomic E-state index is -4.69. The minimum Gasteiger partial charge on any atom is -0.384 e. The highest BCUT2D eigenvalue weighted by Crippen LogP contribution is 2.38. The molecule has 0 spiro atoms. The molecule has 0 amide bonds. The Morgan fingerprint density at radius 2 is 1.72 bits per heavy atom. The summed E-state index contributed by atoms with van der Waals surface area (Å²) in [6.45, 7) is 2.69. The van der Waals surface area contributed by atoms with E-state index >= 15 is 0 Å².